The molecule has 0 radical (unpaired) electrons. The van der Waals surface area contributed by atoms with Gasteiger partial charge in [0.05, 0.1) is 0 Å². The van der Waals surface area contributed by atoms with Crippen molar-refractivity contribution in [2.24, 2.45) is 0 Å². The highest BCUT2D eigenvalue weighted by Gasteiger charge is 2.43. The number of aryl methyl sites for hydroxylation is 1. The molecule has 0 saturated heterocycles. The summed E-state index contributed by atoms with van der Waals surface area (Å²) in [6, 6.07) is 2.73. The Balaban J connectivity index is 2.48. The molecule has 1 aromatic rings. The van der Waals surface area contributed by atoms with Crippen LogP contribution in [0.25, 0.3) is 0 Å². The zero-order valence-electron chi connectivity index (χ0n) is 6.61. The molecule has 0 bridgehead atoms. The van der Waals surface area contributed by atoms with Gasteiger partial charge >= 0.3 is 6.29 Å². The predicted octanol–water partition coefficient (Wildman–Crippen LogP) is 2.97. The molecule has 70 valence electrons. The first-order valence-corrected chi connectivity index (χ1v) is 3.92. The summed E-state index contributed by atoms with van der Waals surface area (Å²) in [4.78, 5) is 0. The molecular formula is C8H5ClF2O2. The lowest BCUT2D eigenvalue weighted by Gasteiger charge is -2.04. The normalized spacial score (nSPS) is 17.5. The van der Waals surface area contributed by atoms with Crippen LogP contribution in [0.1, 0.15) is 5.56 Å². The summed E-state index contributed by atoms with van der Waals surface area (Å²) in [6.45, 7) is 1.70. The minimum absolute atomic E-state index is 0.0203. The number of rotatable bonds is 0. The lowest BCUT2D eigenvalue weighted by atomic mass is 10.2. The van der Waals surface area contributed by atoms with E-state index < -0.39 is 6.29 Å². The van der Waals surface area contributed by atoms with Crippen LogP contribution in [0, 0.1) is 6.92 Å². The van der Waals surface area contributed by atoms with Crippen molar-refractivity contribution >= 4 is 11.6 Å². The summed E-state index contributed by atoms with van der Waals surface area (Å²) in [5.74, 6) is -0.00694. The van der Waals surface area contributed by atoms with Gasteiger partial charge in [-0.2, -0.15) is 0 Å². The first kappa shape index (κ1) is 8.56. The lowest BCUT2D eigenvalue weighted by Crippen LogP contribution is -2.25. The molecule has 0 fully saturated rings. The van der Waals surface area contributed by atoms with Gasteiger partial charge in [0.1, 0.15) is 0 Å². The van der Waals surface area contributed by atoms with E-state index in [1.807, 2.05) is 0 Å². The van der Waals surface area contributed by atoms with Gasteiger partial charge in [0, 0.05) is 11.1 Å². The molecule has 2 rings (SSSR count). The summed E-state index contributed by atoms with van der Waals surface area (Å²) >= 11 is 5.71. The quantitative estimate of drug-likeness (QED) is 0.650. The van der Waals surface area contributed by atoms with Gasteiger partial charge in [-0.25, -0.2) is 0 Å². The Bertz CT molecular complexity index is 332. The fourth-order valence-electron chi connectivity index (χ4n) is 1.07. The van der Waals surface area contributed by atoms with Crippen molar-refractivity contribution in [3.8, 4) is 11.5 Å². The van der Waals surface area contributed by atoms with E-state index in [2.05, 4.69) is 9.47 Å². The van der Waals surface area contributed by atoms with Gasteiger partial charge in [-0.1, -0.05) is 11.6 Å². The van der Waals surface area contributed by atoms with Crippen molar-refractivity contribution in [3.63, 3.8) is 0 Å². The summed E-state index contributed by atoms with van der Waals surface area (Å²) in [6.07, 6.45) is -3.57. The largest absolute Gasteiger partial charge is 0.586 e. The molecule has 0 N–H and O–H groups in total. The lowest BCUT2D eigenvalue weighted by molar-refractivity contribution is -0.286. The molecule has 0 amide bonds. The Labute approximate surface area is 78.0 Å². The third-order valence-electron chi connectivity index (χ3n) is 1.68. The number of alkyl halides is 2. The van der Waals surface area contributed by atoms with E-state index in [4.69, 9.17) is 11.6 Å². The number of hydrogen-bond donors (Lipinski definition) is 0. The van der Waals surface area contributed by atoms with E-state index in [0.29, 0.717) is 10.6 Å². The maximum atomic E-state index is 12.5. The van der Waals surface area contributed by atoms with Crippen LogP contribution in [0.2, 0.25) is 5.02 Å². The zero-order valence-corrected chi connectivity index (χ0v) is 7.36. The van der Waals surface area contributed by atoms with E-state index in [1.165, 1.54) is 12.1 Å². The van der Waals surface area contributed by atoms with E-state index in [0.717, 1.165) is 0 Å². The molecule has 1 aliphatic rings. The van der Waals surface area contributed by atoms with E-state index >= 15 is 0 Å². The molecule has 2 nitrogen and oxygen atoms in total. The van der Waals surface area contributed by atoms with E-state index in [1.54, 1.807) is 6.92 Å². The summed E-state index contributed by atoms with van der Waals surface area (Å²) in [5.41, 5.74) is 0.668. The molecule has 0 spiro atoms. The summed E-state index contributed by atoms with van der Waals surface area (Å²) < 4.78 is 33.4. The summed E-state index contributed by atoms with van der Waals surface area (Å²) in [7, 11) is 0. The smallest absolute Gasteiger partial charge is 0.395 e. The second-order valence-electron chi connectivity index (χ2n) is 2.72. The SMILES string of the molecule is Cc1cc2c(cc1Cl)OC(F)(F)O2. The fourth-order valence-corrected chi connectivity index (χ4v) is 1.23. The molecule has 5 heteroatoms. The Kier molecular flexibility index (Phi) is 1.63. The van der Waals surface area contributed by atoms with Crippen LogP contribution >= 0.6 is 11.6 Å². The van der Waals surface area contributed by atoms with Crippen LogP contribution in [0.4, 0.5) is 8.78 Å². The Hall–Kier alpha value is -1.03. The van der Waals surface area contributed by atoms with Gasteiger partial charge in [0.15, 0.2) is 11.5 Å². The number of benzene rings is 1. The molecule has 1 aromatic carbocycles. The van der Waals surface area contributed by atoms with Crippen molar-refractivity contribution in [1.82, 2.24) is 0 Å². The first-order valence-electron chi connectivity index (χ1n) is 3.54. The second-order valence-corrected chi connectivity index (χ2v) is 3.12. The molecule has 0 aromatic heterocycles. The van der Waals surface area contributed by atoms with E-state index in [-0.39, 0.29) is 11.5 Å². The van der Waals surface area contributed by atoms with Gasteiger partial charge in [-0.05, 0) is 18.6 Å². The summed E-state index contributed by atoms with van der Waals surface area (Å²) in [5, 5.41) is 0.375. The predicted molar refractivity (Wildman–Crippen MR) is 42.4 cm³/mol. The van der Waals surface area contributed by atoms with Crippen LogP contribution in [0.3, 0.4) is 0 Å². The number of halogens is 3. The third-order valence-corrected chi connectivity index (χ3v) is 2.09. The van der Waals surface area contributed by atoms with Crippen LogP contribution in [-0.2, 0) is 0 Å². The minimum atomic E-state index is -3.57. The number of ether oxygens (including phenoxy) is 2. The third kappa shape index (κ3) is 1.42. The average molecular weight is 207 g/mol. The van der Waals surface area contributed by atoms with Crippen molar-refractivity contribution in [2.75, 3.05) is 0 Å². The molecular weight excluding hydrogens is 202 g/mol. The number of fused-ring (bicyclic) bond motifs is 1. The highest BCUT2D eigenvalue weighted by atomic mass is 35.5. The standard InChI is InChI=1S/C8H5ClF2O2/c1-4-2-6-7(3-5(4)9)13-8(10,11)12-6/h2-3H,1H3. The minimum Gasteiger partial charge on any atom is -0.395 e. The van der Waals surface area contributed by atoms with Crippen LogP contribution in [0.5, 0.6) is 11.5 Å². The molecule has 1 aliphatic heterocycles. The first-order chi connectivity index (χ1) is 5.98. The molecule has 0 unspecified atom stereocenters. The highest BCUT2D eigenvalue weighted by Crippen LogP contribution is 2.43. The van der Waals surface area contributed by atoms with Gasteiger partial charge in [0.2, 0.25) is 0 Å². The Morgan fingerprint density at radius 3 is 2.38 bits per heavy atom. The molecule has 0 aliphatic carbocycles. The van der Waals surface area contributed by atoms with Crippen molar-refractivity contribution in [3.05, 3.63) is 22.7 Å². The topological polar surface area (TPSA) is 18.5 Å². The molecule has 1 heterocycles. The Morgan fingerprint density at radius 2 is 1.77 bits per heavy atom. The monoisotopic (exact) mass is 206 g/mol. The average Bonchev–Trinajstić information content (AvgIpc) is 2.24. The second kappa shape index (κ2) is 2.48. The van der Waals surface area contributed by atoms with Gasteiger partial charge < -0.3 is 9.47 Å². The van der Waals surface area contributed by atoms with Gasteiger partial charge in [-0.3, -0.25) is 0 Å². The zero-order chi connectivity index (χ0) is 9.64. The highest BCUT2D eigenvalue weighted by molar-refractivity contribution is 6.31. The maximum absolute atomic E-state index is 12.5. The van der Waals surface area contributed by atoms with Crippen molar-refractivity contribution in [2.45, 2.75) is 13.2 Å². The maximum Gasteiger partial charge on any atom is 0.586 e. The van der Waals surface area contributed by atoms with Crippen molar-refractivity contribution < 1.29 is 18.3 Å². The molecule has 0 atom stereocenters. The van der Waals surface area contributed by atoms with Crippen LogP contribution in [0.15, 0.2) is 12.1 Å². The van der Waals surface area contributed by atoms with Gasteiger partial charge in [-0.15, -0.1) is 8.78 Å². The molecule has 13 heavy (non-hydrogen) atoms. The molecule has 0 saturated carbocycles. The van der Waals surface area contributed by atoms with Crippen molar-refractivity contribution in [1.29, 1.82) is 0 Å². The Morgan fingerprint density at radius 1 is 1.23 bits per heavy atom. The van der Waals surface area contributed by atoms with Crippen LogP contribution in [-0.4, -0.2) is 6.29 Å². The fraction of sp³-hybridized carbons (Fsp3) is 0.250. The number of hydrogen-bond acceptors (Lipinski definition) is 2. The van der Waals surface area contributed by atoms with Crippen LogP contribution < -0.4 is 9.47 Å². The van der Waals surface area contributed by atoms with E-state index in [9.17, 15) is 8.78 Å². The van der Waals surface area contributed by atoms with Gasteiger partial charge in [0.25, 0.3) is 0 Å².